The second-order valence-electron chi connectivity index (χ2n) is 4.94. The topological polar surface area (TPSA) is 71.8 Å². The first kappa shape index (κ1) is 15.0. The normalized spacial score (nSPS) is 10.4. The molecule has 0 bridgehead atoms. The molecule has 0 fully saturated rings. The molecule has 0 aliphatic heterocycles. The number of nitrogens with one attached hydrogen (secondary N) is 2. The molecule has 0 saturated carbocycles. The fraction of sp³-hybridized carbons (Fsp3) is 0.400. The number of hydrogen-bond donors (Lipinski definition) is 2. The van der Waals surface area contributed by atoms with E-state index < -0.39 is 0 Å². The summed E-state index contributed by atoms with van der Waals surface area (Å²) in [5.74, 6) is -0.179. The highest BCUT2D eigenvalue weighted by Crippen LogP contribution is 2.08. The largest absolute Gasteiger partial charge is 0.385 e. The van der Waals surface area contributed by atoms with Crippen molar-refractivity contribution in [1.29, 1.82) is 0 Å². The van der Waals surface area contributed by atoms with Crippen molar-refractivity contribution in [3.05, 3.63) is 41.5 Å². The van der Waals surface area contributed by atoms with E-state index in [2.05, 4.69) is 33.7 Å². The SMILES string of the molecule is CNC(=O)c1cc(NCCCn2nc(C)cc2C)ccn1. The van der Waals surface area contributed by atoms with E-state index in [9.17, 15) is 4.79 Å². The summed E-state index contributed by atoms with van der Waals surface area (Å²) in [6.45, 7) is 5.75. The highest BCUT2D eigenvalue weighted by Gasteiger charge is 2.05. The van der Waals surface area contributed by atoms with Gasteiger partial charge in [-0.05, 0) is 38.5 Å². The molecule has 112 valence electrons. The fourth-order valence-corrected chi connectivity index (χ4v) is 2.16. The van der Waals surface area contributed by atoms with Crippen LogP contribution in [0.4, 0.5) is 5.69 Å². The number of amides is 1. The molecule has 2 heterocycles. The monoisotopic (exact) mass is 287 g/mol. The summed E-state index contributed by atoms with van der Waals surface area (Å²) in [6, 6.07) is 5.68. The lowest BCUT2D eigenvalue weighted by Gasteiger charge is -2.08. The van der Waals surface area contributed by atoms with Gasteiger partial charge in [0, 0.05) is 37.7 Å². The number of nitrogens with zero attached hydrogens (tertiary/aromatic N) is 3. The molecule has 1 amide bonds. The number of carbonyl (C=O) groups is 1. The van der Waals surface area contributed by atoms with Crippen LogP contribution in [-0.4, -0.2) is 34.3 Å². The second kappa shape index (κ2) is 6.88. The number of hydrogen-bond acceptors (Lipinski definition) is 4. The molecule has 0 aliphatic carbocycles. The van der Waals surface area contributed by atoms with E-state index in [0.29, 0.717) is 5.69 Å². The van der Waals surface area contributed by atoms with Crippen LogP contribution in [-0.2, 0) is 6.54 Å². The Morgan fingerprint density at radius 2 is 2.14 bits per heavy atom. The van der Waals surface area contributed by atoms with Crippen molar-refractivity contribution in [2.75, 3.05) is 18.9 Å². The van der Waals surface area contributed by atoms with E-state index in [1.165, 1.54) is 5.69 Å². The molecule has 0 radical (unpaired) electrons. The lowest BCUT2D eigenvalue weighted by molar-refractivity contribution is 0.0958. The Labute approximate surface area is 124 Å². The summed E-state index contributed by atoms with van der Waals surface area (Å²) < 4.78 is 2.01. The maximum absolute atomic E-state index is 11.5. The molecule has 2 aromatic heterocycles. The van der Waals surface area contributed by atoms with Crippen LogP contribution >= 0.6 is 0 Å². The third-order valence-corrected chi connectivity index (χ3v) is 3.20. The minimum atomic E-state index is -0.179. The molecule has 6 nitrogen and oxygen atoms in total. The average molecular weight is 287 g/mol. The Morgan fingerprint density at radius 3 is 2.81 bits per heavy atom. The van der Waals surface area contributed by atoms with Crippen LogP contribution in [0.5, 0.6) is 0 Å². The van der Waals surface area contributed by atoms with Crippen molar-refractivity contribution >= 4 is 11.6 Å². The Bertz CT molecular complexity index is 620. The maximum atomic E-state index is 11.5. The minimum absolute atomic E-state index is 0.179. The molecular weight excluding hydrogens is 266 g/mol. The Morgan fingerprint density at radius 1 is 1.33 bits per heavy atom. The zero-order valence-corrected chi connectivity index (χ0v) is 12.7. The Hall–Kier alpha value is -2.37. The van der Waals surface area contributed by atoms with Gasteiger partial charge in [-0.3, -0.25) is 14.5 Å². The molecule has 6 heteroatoms. The molecule has 0 unspecified atom stereocenters. The standard InChI is InChI=1S/C15H21N5O/c1-11-9-12(2)20(19-11)8-4-6-17-13-5-7-18-14(10-13)15(21)16-3/h5,7,9-10H,4,6,8H2,1-3H3,(H,16,21)(H,17,18). The summed E-state index contributed by atoms with van der Waals surface area (Å²) >= 11 is 0. The number of pyridine rings is 1. The lowest BCUT2D eigenvalue weighted by Crippen LogP contribution is -2.19. The van der Waals surface area contributed by atoms with Gasteiger partial charge in [0.25, 0.3) is 5.91 Å². The van der Waals surface area contributed by atoms with Crippen LogP contribution in [0.3, 0.4) is 0 Å². The molecule has 0 saturated heterocycles. The number of aromatic nitrogens is 3. The van der Waals surface area contributed by atoms with E-state index in [1.807, 2.05) is 17.7 Å². The maximum Gasteiger partial charge on any atom is 0.269 e. The summed E-state index contributed by atoms with van der Waals surface area (Å²) in [4.78, 5) is 15.5. The minimum Gasteiger partial charge on any atom is -0.385 e. The molecule has 21 heavy (non-hydrogen) atoms. The van der Waals surface area contributed by atoms with Crippen molar-refractivity contribution < 1.29 is 4.79 Å². The van der Waals surface area contributed by atoms with Gasteiger partial charge in [-0.25, -0.2) is 0 Å². The zero-order chi connectivity index (χ0) is 15.2. The molecule has 0 aliphatic rings. The van der Waals surface area contributed by atoms with Gasteiger partial charge in [-0.2, -0.15) is 5.10 Å². The lowest BCUT2D eigenvalue weighted by atomic mass is 10.3. The summed E-state index contributed by atoms with van der Waals surface area (Å²) in [6.07, 6.45) is 2.59. The average Bonchev–Trinajstić information content (AvgIpc) is 2.81. The Kier molecular flexibility index (Phi) is 4.92. The van der Waals surface area contributed by atoms with Crippen LogP contribution in [0.25, 0.3) is 0 Å². The third kappa shape index (κ3) is 4.05. The van der Waals surface area contributed by atoms with E-state index >= 15 is 0 Å². The van der Waals surface area contributed by atoms with E-state index in [-0.39, 0.29) is 5.91 Å². The van der Waals surface area contributed by atoms with E-state index in [0.717, 1.165) is 30.9 Å². The van der Waals surface area contributed by atoms with Gasteiger partial charge in [0.05, 0.1) is 5.69 Å². The molecular formula is C15H21N5O. The molecule has 0 aromatic carbocycles. The van der Waals surface area contributed by atoms with Gasteiger partial charge in [-0.1, -0.05) is 0 Å². The van der Waals surface area contributed by atoms with Crippen LogP contribution in [0.1, 0.15) is 28.3 Å². The van der Waals surface area contributed by atoms with Crippen molar-refractivity contribution in [2.24, 2.45) is 0 Å². The van der Waals surface area contributed by atoms with Gasteiger partial charge in [0.2, 0.25) is 0 Å². The predicted molar refractivity (Wildman–Crippen MR) is 82.4 cm³/mol. The van der Waals surface area contributed by atoms with Crippen LogP contribution in [0.15, 0.2) is 24.4 Å². The summed E-state index contributed by atoms with van der Waals surface area (Å²) in [5.41, 5.74) is 3.54. The number of rotatable bonds is 6. The van der Waals surface area contributed by atoms with Crippen LogP contribution in [0, 0.1) is 13.8 Å². The summed E-state index contributed by atoms with van der Waals surface area (Å²) in [5, 5.41) is 10.3. The molecule has 2 rings (SSSR count). The van der Waals surface area contributed by atoms with E-state index in [4.69, 9.17) is 0 Å². The van der Waals surface area contributed by atoms with Gasteiger partial charge >= 0.3 is 0 Å². The first-order valence-corrected chi connectivity index (χ1v) is 7.03. The molecule has 2 aromatic rings. The highest BCUT2D eigenvalue weighted by molar-refractivity contribution is 5.92. The zero-order valence-electron chi connectivity index (χ0n) is 12.7. The van der Waals surface area contributed by atoms with Crippen molar-refractivity contribution in [3.63, 3.8) is 0 Å². The van der Waals surface area contributed by atoms with Crippen molar-refractivity contribution in [1.82, 2.24) is 20.1 Å². The van der Waals surface area contributed by atoms with Crippen LogP contribution in [0.2, 0.25) is 0 Å². The fourth-order valence-electron chi connectivity index (χ4n) is 2.16. The van der Waals surface area contributed by atoms with Crippen molar-refractivity contribution in [3.8, 4) is 0 Å². The summed E-state index contributed by atoms with van der Waals surface area (Å²) in [7, 11) is 1.60. The molecule has 0 atom stereocenters. The number of anilines is 1. The number of carbonyl (C=O) groups excluding carboxylic acids is 1. The van der Waals surface area contributed by atoms with Crippen molar-refractivity contribution in [2.45, 2.75) is 26.8 Å². The number of aryl methyl sites for hydroxylation is 3. The Balaban J connectivity index is 1.83. The molecule has 2 N–H and O–H groups in total. The molecule has 0 spiro atoms. The quantitative estimate of drug-likeness (QED) is 0.794. The van der Waals surface area contributed by atoms with Gasteiger partial charge in [-0.15, -0.1) is 0 Å². The third-order valence-electron chi connectivity index (χ3n) is 3.20. The second-order valence-corrected chi connectivity index (χ2v) is 4.94. The first-order chi connectivity index (χ1) is 10.1. The van der Waals surface area contributed by atoms with E-state index in [1.54, 1.807) is 19.3 Å². The van der Waals surface area contributed by atoms with Gasteiger partial charge in [0.15, 0.2) is 0 Å². The highest BCUT2D eigenvalue weighted by atomic mass is 16.1. The predicted octanol–water partition coefficient (Wildman–Crippen LogP) is 1.76. The van der Waals surface area contributed by atoms with Crippen LogP contribution < -0.4 is 10.6 Å². The smallest absolute Gasteiger partial charge is 0.269 e. The van der Waals surface area contributed by atoms with Gasteiger partial charge < -0.3 is 10.6 Å². The van der Waals surface area contributed by atoms with Gasteiger partial charge in [0.1, 0.15) is 5.69 Å². The first-order valence-electron chi connectivity index (χ1n) is 7.03.